The van der Waals surface area contributed by atoms with Crippen LogP contribution in [0.5, 0.6) is 5.75 Å². The van der Waals surface area contributed by atoms with E-state index in [2.05, 4.69) is 93.7 Å². The highest BCUT2D eigenvalue weighted by molar-refractivity contribution is 6.21. The molecule has 0 saturated heterocycles. The molecule has 0 atom stereocenters. The number of ether oxygens (including phenoxy) is 1. The van der Waals surface area contributed by atoms with E-state index in [0.717, 1.165) is 71.3 Å². The summed E-state index contributed by atoms with van der Waals surface area (Å²) in [5.41, 5.74) is 11.3. The van der Waals surface area contributed by atoms with Crippen molar-refractivity contribution in [1.82, 2.24) is 9.13 Å². The molecule has 3 heterocycles. The van der Waals surface area contributed by atoms with Crippen molar-refractivity contribution < 1.29 is 4.74 Å². The molecular weight excluding hydrogens is 589 g/mol. The first kappa shape index (κ1) is 26.2. The molecule has 1 aliphatic carbocycles. The molecule has 2 aliphatic rings. The lowest BCUT2D eigenvalue weighted by molar-refractivity contribution is 0.447. The van der Waals surface area contributed by atoms with Crippen LogP contribution in [-0.2, 0) is 0 Å². The quantitative estimate of drug-likeness (QED) is 0.183. The van der Waals surface area contributed by atoms with E-state index in [9.17, 15) is 10.5 Å². The predicted molar refractivity (Wildman–Crippen MR) is 191 cm³/mol. The Morgan fingerprint density at radius 1 is 0.562 bits per heavy atom. The Kier molecular flexibility index (Phi) is 5.31. The van der Waals surface area contributed by atoms with Gasteiger partial charge in [0.1, 0.15) is 17.9 Å². The Hall–Kier alpha value is -7.04. The third-order valence-electron chi connectivity index (χ3n) is 9.57. The minimum absolute atomic E-state index is 0.460. The molecule has 0 fully saturated rings. The first-order valence-corrected chi connectivity index (χ1v) is 15.7. The Bertz CT molecular complexity index is 2980. The summed E-state index contributed by atoms with van der Waals surface area (Å²) in [4.78, 5) is 0. The molecule has 0 spiro atoms. The third-order valence-corrected chi connectivity index (χ3v) is 9.57. The van der Waals surface area contributed by atoms with Crippen molar-refractivity contribution in [1.29, 1.82) is 10.5 Å². The first-order valence-electron chi connectivity index (χ1n) is 15.7. The number of nitrogens with zero attached hydrogens (tertiary/aromatic N) is 4. The van der Waals surface area contributed by atoms with E-state index < -0.39 is 0 Å². The number of para-hydroxylation sites is 2. The Morgan fingerprint density at radius 2 is 1.15 bits per heavy atom. The molecule has 5 nitrogen and oxygen atoms in total. The van der Waals surface area contributed by atoms with Gasteiger partial charge in [-0.25, -0.2) is 0 Å². The fraction of sp³-hybridized carbons (Fsp3) is 0. The van der Waals surface area contributed by atoms with Crippen molar-refractivity contribution in [2.45, 2.75) is 0 Å². The van der Waals surface area contributed by atoms with Crippen LogP contribution in [0.4, 0.5) is 0 Å². The van der Waals surface area contributed by atoms with Crippen LogP contribution >= 0.6 is 0 Å². The molecule has 0 unspecified atom stereocenters. The lowest BCUT2D eigenvalue weighted by atomic mass is 10.00. The maximum Gasteiger partial charge on any atom is 0.170 e. The summed E-state index contributed by atoms with van der Waals surface area (Å²) in [5, 5.41) is 27.9. The van der Waals surface area contributed by atoms with Gasteiger partial charge in [-0.05, 0) is 65.4 Å². The van der Waals surface area contributed by atoms with E-state index in [1.54, 1.807) is 0 Å². The van der Waals surface area contributed by atoms with Gasteiger partial charge in [-0.1, -0.05) is 84.6 Å². The standard InChI is InChI=1S/C43H22N4O/c44-24-28-23-40(47-36-16-8-6-14-34(36)42-38(47)20-18-32-27-10-1-3-11-30(21-27)48-43(32)42)29(25-45)22-39(28)46-35-15-7-5-13-33(35)41-31-12-4-2-9-26(31)17-19-37(41)46/h1-20,22-23H. The minimum Gasteiger partial charge on any atom is -0.448 e. The minimum atomic E-state index is 0.460. The Labute approximate surface area is 274 Å². The van der Waals surface area contributed by atoms with Crippen LogP contribution in [0.15, 0.2) is 145 Å². The molecule has 220 valence electrons. The van der Waals surface area contributed by atoms with Gasteiger partial charge in [0.25, 0.3) is 0 Å². The summed E-state index contributed by atoms with van der Waals surface area (Å²) in [5.74, 6) is 1.41. The molecule has 8 aromatic rings. The zero-order valence-corrected chi connectivity index (χ0v) is 25.4. The normalized spacial score (nSPS) is 13.3. The molecule has 0 amide bonds. The highest BCUT2D eigenvalue weighted by Crippen LogP contribution is 2.45. The zero-order valence-electron chi connectivity index (χ0n) is 25.4. The molecule has 10 rings (SSSR count). The third kappa shape index (κ3) is 3.48. The topological polar surface area (TPSA) is 66.7 Å². The van der Waals surface area contributed by atoms with Gasteiger partial charge in [0, 0.05) is 27.3 Å². The number of aromatic nitrogens is 2. The maximum absolute atomic E-state index is 10.7. The van der Waals surface area contributed by atoms with Crippen LogP contribution in [0.3, 0.4) is 0 Å². The van der Waals surface area contributed by atoms with E-state index in [0.29, 0.717) is 28.3 Å². The largest absolute Gasteiger partial charge is 0.448 e. The molecule has 0 N–H and O–H groups in total. The summed E-state index contributed by atoms with van der Waals surface area (Å²) < 4.78 is 10.7. The van der Waals surface area contributed by atoms with Gasteiger partial charge in [-0.2, -0.15) is 10.5 Å². The fourth-order valence-corrected chi connectivity index (χ4v) is 7.57. The van der Waals surface area contributed by atoms with E-state index in [1.165, 1.54) is 0 Å². The lowest BCUT2D eigenvalue weighted by Crippen LogP contribution is -2.04. The zero-order chi connectivity index (χ0) is 31.9. The van der Waals surface area contributed by atoms with Crippen LogP contribution in [0.2, 0.25) is 0 Å². The maximum atomic E-state index is 10.7. The van der Waals surface area contributed by atoms with Gasteiger partial charge in [0.15, 0.2) is 5.76 Å². The van der Waals surface area contributed by atoms with Crippen molar-refractivity contribution in [2.24, 2.45) is 0 Å². The van der Waals surface area contributed by atoms with Gasteiger partial charge in [0.05, 0.1) is 50.0 Å². The summed E-state index contributed by atoms with van der Waals surface area (Å²) in [6, 6.07) is 41.8. The van der Waals surface area contributed by atoms with Gasteiger partial charge in [-0.3, -0.25) is 0 Å². The van der Waals surface area contributed by atoms with E-state index in [1.807, 2.05) is 66.8 Å². The average molecular weight is 611 g/mol. The molecule has 2 bridgehead atoms. The number of benzene rings is 6. The Balaban J connectivity index is 1.27. The highest BCUT2D eigenvalue weighted by atomic mass is 16.5. The number of rotatable bonds is 2. The van der Waals surface area contributed by atoms with Crippen LogP contribution in [0, 0.1) is 22.7 Å². The number of hydrogen-bond acceptors (Lipinski definition) is 3. The van der Waals surface area contributed by atoms with Gasteiger partial charge >= 0.3 is 0 Å². The predicted octanol–water partition coefficient (Wildman–Crippen LogP) is 10.2. The van der Waals surface area contributed by atoms with E-state index in [-0.39, 0.29) is 0 Å². The van der Waals surface area contributed by atoms with Gasteiger partial charge in [-0.15, -0.1) is 0 Å². The SMILES string of the molecule is N#Cc1cc(-n2c3ccccc3c3c4ccccc4ccc32)c(C#N)cc1-n1c2ccccc2c2c3c(ccc21)C1=C=C(C=CC=C1)O3. The second kappa shape index (κ2) is 9.73. The molecule has 48 heavy (non-hydrogen) atoms. The van der Waals surface area contributed by atoms with Gasteiger partial charge in [0.2, 0.25) is 0 Å². The molecule has 0 radical (unpaired) electrons. The van der Waals surface area contributed by atoms with Crippen molar-refractivity contribution in [3.8, 4) is 29.3 Å². The van der Waals surface area contributed by atoms with Crippen molar-refractivity contribution in [3.05, 3.63) is 162 Å². The fourth-order valence-electron chi connectivity index (χ4n) is 7.57. The second-order valence-corrected chi connectivity index (χ2v) is 12.1. The monoisotopic (exact) mass is 610 g/mol. The summed E-state index contributed by atoms with van der Waals surface area (Å²) in [7, 11) is 0. The molecule has 5 heteroatoms. The highest BCUT2D eigenvalue weighted by Gasteiger charge is 2.25. The molecule has 0 saturated carbocycles. The van der Waals surface area contributed by atoms with Crippen LogP contribution in [0.25, 0.3) is 71.3 Å². The lowest BCUT2D eigenvalue weighted by Gasteiger charge is -2.17. The number of hydrogen-bond donors (Lipinski definition) is 0. The first-order chi connectivity index (χ1) is 23.7. The summed E-state index contributed by atoms with van der Waals surface area (Å²) in [6.07, 6.45) is 7.89. The second-order valence-electron chi connectivity index (χ2n) is 12.1. The summed E-state index contributed by atoms with van der Waals surface area (Å²) >= 11 is 0. The summed E-state index contributed by atoms with van der Waals surface area (Å²) in [6.45, 7) is 0. The van der Waals surface area contributed by atoms with E-state index in [4.69, 9.17) is 4.74 Å². The molecule has 2 aromatic heterocycles. The van der Waals surface area contributed by atoms with Crippen LogP contribution in [-0.4, -0.2) is 9.13 Å². The number of allylic oxidation sites excluding steroid dienone is 4. The van der Waals surface area contributed by atoms with Crippen molar-refractivity contribution >= 4 is 60.0 Å². The van der Waals surface area contributed by atoms with E-state index >= 15 is 0 Å². The molecule has 1 aliphatic heterocycles. The van der Waals surface area contributed by atoms with Crippen molar-refractivity contribution in [3.63, 3.8) is 0 Å². The number of nitriles is 2. The van der Waals surface area contributed by atoms with Crippen LogP contribution < -0.4 is 4.74 Å². The van der Waals surface area contributed by atoms with Gasteiger partial charge < -0.3 is 13.9 Å². The smallest absolute Gasteiger partial charge is 0.170 e. The average Bonchev–Trinajstić information content (AvgIpc) is 3.58. The van der Waals surface area contributed by atoms with Crippen LogP contribution in [0.1, 0.15) is 16.7 Å². The number of fused-ring (bicyclic) bond motifs is 11. The Morgan fingerprint density at radius 3 is 1.85 bits per heavy atom. The molecular formula is C43H22N4O. The van der Waals surface area contributed by atoms with Crippen molar-refractivity contribution in [2.75, 3.05) is 0 Å². The molecule has 6 aromatic carbocycles.